The number of amides is 1. The Balaban J connectivity index is 1.62. The number of carbonyl (C=O) groups excluding carboxylic acids is 1. The Labute approximate surface area is 171 Å². The van der Waals surface area contributed by atoms with Gasteiger partial charge in [0.05, 0.1) is 26.7 Å². The predicted molar refractivity (Wildman–Crippen MR) is 113 cm³/mol. The monoisotopic (exact) mass is 402 g/mol. The molecule has 1 aliphatic rings. The third-order valence-electron chi connectivity index (χ3n) is 5.31. The van der Waals surface area contributed by atoms with Crippen molar-refractivity contribution in [2.45, 2.75) is 38.1 Å². The highest BCUT2D eigenvalue weighted by Crippen LogP contribution is 2.28. The Bertz CT molecular complexity index is 740. The van der Waals surface area contributed by atoms with Gasteiger partial charge in [0.1, 0.15) is 0 Å². The number of nitrogens with one attached hydrogen (secondary N) is 1. The van der Waals surface area contributed by atoms with Gasteiger partial charge in [0, 0.05) is 6.54 Å². The van der Waals surface area contributed by atoms with Crippen LogP contribution in [-0.2, 0) is 11.2 Å². The summed E-state index contributed by atoms with van der Waals surface area (Å²) in [6.45, 7) is 2.85. The molecule has 0 spiro atoms. The van der Waals surface area contributed by atoms with Crippen LogP contribution < -0.4 is 14.8 Å². The summed E-state index contributed by atoms with van der Waals surface area (Å²) in [4.78, 5) is 15.1. The number of hydrogen-bond acceptors (Lipinski definition) is 5. The van der Waals surface area contributed by atoms with Crippen molar-refractivity contribution in [1.82, 2.24) is 10.2 Å². The van der Waals surface area contributed by atoms with Crippen LogP contribution in [0.3, 0.4) is 0 Å². The van der Waals surface area contributed by atoms with Crippen molar-refractivity contribution < 1.29 is 14.3 Å². The number of ether oxygens (including phenoxy) is 2. The molecule has 1 atom stereocenters. The zero-order valence-corrected chi connectivity index (χ0v) is 17.6. The van der Waals surface area contributed by atoms with Crippen LogP contribution in [0.5, 0.6) is 11.5 Å². The molecule has 5 nitrogen and oxygen atoms in total. The molecule has 152 valence electrons. The summed E-state index contributed by atoms with van der Waals surface area (Å²) in [6.07, 6.45) is 5.41. The lowest BCUT2D eigenvalue weighted by Crippen LogP contribution is -2.39. The Hall–Kier alpha value is -2.05. The molecule has 1 unspecified atom stereocenters. The summed E-state index contributed by atoms with van der Waals surface area (Å²) in [6, 6.07) is 8.04. The van der Waals surface area contributed by atoms with Crippen molar-refractivity contribution in [3.8, 4) is 11.5 Å². The predicted octanol–water partition coefficient (Wildman–Crippen LogP) is 4.04. The summed E-state index contributed by atoms with van der Waals surface area (Å²) in [5, 5.41) is 7.48. The highest BCUT2D eigenvalue weighted by atomic mass is 32.1. The molecule has 0 bridgehead atoms. The third kappa shape index (κ3) is 5.49. The van der Waals surface area contributed by atoms with Crippen molar-refractivity contribution in [2.75, 3.05) is 33.9 Å². The molecule has 0 aliphatic carbocycles. The van der Waals surface area contributed by atoms with Gasteiger partial charge in [-0.3, -0.25) is 9.69 Å². The van der Waals surface area contributed by atoms with E-state index in [1.165, 1.54) is 31.2 Å². The highest BCUT2D eigenvalue weighted by molar-refractivity contribution is 7.07. The Kier molecular flexibility index (Phi) is 7.74. The average molecular weight is 403 g/mol. The van der Waals surface area contributed by atoms with Crippen LogP contribution in [0.15, 0.2) is 35.0 Å². The van der Waals surface area contributed by atoms with Gasteiger partial charge in [-0.05, 0) is 66.0 Å². The number of likely N-dealkylation sites (tertiary alicyclic amines) is 1. The van der Waals surface area contributed by atoms with Crippen LogP contribution in [0.1, 0.15) is 42.9 Å². The summed E-state index contributed by atoms with van der Waals surface area (Å²) in [7, 11) is 3.21. The van der Waals surface area contributed by atoms with Crippen molar-refractivity contribution in [3.63, 3.8) is 0 Å². The molecule has 1 saturated heterocycles. The number of hydrogen-bond donors (Lipinski definition) is 1. The fourth-order valence-corrected chi connectivity index (χ4v) is 4.49. The molecule has 1 aromatic carbocycles. The molecule has 1 fully saturated rings. The minimum Gasteiger partial charge on any atom is -0.493 e. The van der Waals surface area contributed by atoms with Crippen LogP contribution >= 0.6 is 11.3 Å². The molecule has 1 aromatic heterocycles. The van der Waals surface area contributed by atoms with E-state index >= 15 is 0 Å². The van der Waals surface area contributed by atoms with E-state index in [9.17, 15) is 4.79 Å². The van der Waals surface area contributed by atoms with Crippen molar-refractivity contribution in [1.29, 1.82) is 0 Å². The molecule has 6 heteroatoms. The second-order valence-electron chi connectivity index (χ2n) is 7.19. The number of methoxy groups -OCH3 is 2. The van der Waals surface area contributed by atoms with Crippen LogP contribution in [0, 0.1) is 0 Å². The lowest BCUT2D eigenvalue weighted by Gasteiger charge is -2.30. The Morgan fingerprint density at radius 3 is 2.50 bits per heavy atom. The first-order valence-electron chi connectivity index (χ1n) is 9.95. The van der Waals surface area contributed by atoms with E-state index < -0.39 is 0 Å². The molecule has 2 aromatic rings. The molecule has 0 radical (unpaired) electrons. The summed E-state index contributed by atoms with van der Waals surface area (Å²) < 4.78 is 10.6. The van der Waals surface area contributed by atoms with Crippen LogP contribution in [-0.4, -0.2) is 44.7 Å². The van der Waals surface area contributed by atoms with Gasteiger partial charge in [-0.1, -0.05) is 18.9 Å². The normalized spacial score (nSPS) is 16.2. The number of thiophene rings is 1. The smallest absolute Gasteiger partial charge is 0.224 e. The molecule has 0 saturated carbocycles. The first kappa shape index (κ1) is 20.7. The second-order valence-corrected chi connectivity index (χ2v) is 7.97. The van der Waals surface area contributed by atoms with E-state index in [4.69, 9.17) is 9.47 Å². The minimum atomic E-state index is 0.0299. The maximum absolute atomic E-state index is 12.6. The van der Waals surface area contributed by atoms with Gasteiger partial charge < -0.3 is 14.8 Å². The van der Waals surface area contributed by atoms with E-state index in [2.05, 4.69) is 27.0 Å². The molecular weight excluding hydrogens is 372 g/mol. The fraction of sp³-hybridized carbons (Fsp3) is 0.500. The molecular formula is C22H30N2O3S. The zero-order chi connectivity index (χ0) is 19.8. The van der Waals surface area contributed by atoms with Gasteiger partial charge in [0.25, 0.3) is 0 Å². The average Bonchev–Trinajstić information content (AvgIpc) is 3.11. The molecule has 28 heavy (non-hydrogen) atoms. The first-order chi connectivity index (χ1) is 13.7. The largest absolute Gasteiger partial charge is 0.493 e. The van der Waals surface area contributed by atoms with Crippen molar-refractivity contribution in [2.24, 2.45) is 0 Å². The van der Waals surface area contributed by atoms with Crippen LogP contribution in [0.25, 0.3) is 0 Å². The van der Waals surface area contributed by atoms with Crippen molar-refractivity contribution >= 4 is 17.2 Å². The lowest BCUT2D eigenvalue weighted by atomic mass is 10.1. The molecule has 1 amide bonds. The second kappa shape index (κ2) is 10.5. The quantitative estimate of drug-likeness (QED) is 0.724. The molecule has 1 N–H and O–H groups in total. The van der Waals surface area contributed by atoms with E-state index in [0.29, 0.717) is 24.5 Å². The van der Waals surface area contributed by atoms with Gasteiger partial charge in [-0.2, -0.15) is 11.3 Å². The number of carbonyl (C=O) groups is 1. The van der Waals surface area contributed by atoms with Gasteiger partial charge in [-0.15, -0.1) is 0 Å². The van der Waals surface area contributed by atoms with E-state index in [0.717, 1.165) is 18.7 Å². The maximum atomic E-state index is 12.6. The van der Waals surface area contributed by atoms with E-state index in [1.807, 2.05) is 18.2 Å². The third-order valence-corrected chi connectivity index (χ3v) is 6.02. The first-order valence-corrected chi connectivity index (χ1v) is 10.9. The Morgan fingerprint density at radius 2 is 1.86 bits per heavy atom. The molecule has 1 aliphatic heterocycles. The van der Waals surface area contributed by atoms with Crippen molar-refractivity contribution in [3.05, 3.63) is 46.2 Å². The molecule has 3 rings (SSSR count). The zero-order valence-electron chi connectivity index (χ0n) is 16.8. The van der Waals surface area contributed by atoms with E-state index in [1.54, 1.807) is 25.6 Å². The maximum Gasteiger partial charge on any atom is 0.224 e. The topological polar surface area (TPSA) is 50.8 Å². The lowest BCUT2D eigenvalue weighted by molar-refractivity contribution is -0.120. The van der Waals surface area contributed by atoms with Gasteiger partial charge >= 0.3 is 0 Å². The highest BCUT2D eigenvalue weighted by Gasteiger charge is 2.22. The van der Waals surface area contributed by atoms with Crippen LogP contribution in [0.4, 0.5) is 0 Å². The molecule has 2 heterocycles. The SMILES string of the molecule is COc1ccc(CC(=O)NCC(c2ccsc2)N2CCCCCC2)cc1OC. The minimum absolute atomic E-state index is 0.0299. The number of benzene rings is 1. The van der Waals surface area contributed by atoms with Gasteiger partial charge in [0.2, 0.25) is 5.91 Å². The number of rotatable bonds is 8. The Morgan fingerprint density at radius 1 is 1.11 bits per heavy atom. The fourth-order valence-electron chi connectivity index (χ4n) is 3.78. The standard InChI is InChI=1S/C22H30N2O3S/c1-26-20-8-7-17(13-21(20)27-2)14-22(25)23-15-19(18-9-12-28-16-18)24-10-5-3-4-6-11-24/h7-9,12-13,16,19H,3-6,10-11,14-15H2,1-2H3,(H,23,25). The van der Waals surface area contributed by atoms with Gasteiger partial charge in [0.15, 0.2) is 11.5 Å². The van der Waals surface area contributed by atoms with Gasteiger partial charge in [-0.25, -0.2) is 0 Å². The van der Waals surface area contributed by atoms with E-state index in [-0.39, 0.29) is 11.9 Å². The van der Waals surface area contributed by atoms with Crippen LogP contribution in [0.2, 0.25) is 0 Å². The number of nitrogens with zero attached hydrogens (tertiary/aromatic N) is 1. The summed E-state index contributed by atoms with van der Waals surface area (Å²) in [5.41, 5.74) is 2.22. The summed E-state index contributed by atoms with van der Waals surface area (Å²) in [5.74, 6) is 1.35. The summed E-state index contributed by atoms with van der Waals surface area (Å²) >= 11 is 1.72.